The largest absolute Gasteiger partial charge is 0.382 e. The molecular formula is C11H19N3O2S2. The summed E-state index contributed by atoms with van der Waals surface area (Å²) in [5.74, 6) is 0.0987. The minimum absolute atomic E-state index is 0.0987. The Labute approximate surface area is 112 Å². The first-order valence-corrected chi connectivity index (χ1v) is 8.67. The first-order chi connectivity index (χ1) is 8.32. The van der Waals surface area contributed by atoms with Gasteiger partial charge in [-0.25, -0.2) is 8.42 Å². The smallest absolute Gasteiger partial charge is 0.182 e. The Hall–Kier alpha value is -0.820. The molecule has 0 bridgehead atoms. The van der Waals surface area contributed by atoms with Crippen LogP contribution in [0.5, 0.6) is 0 Å². The van der Waals surface area contributed by atoms with E-state index in [0.29, 0.717) is 5.00 Å². The first-order valence-electron chi connectivity index (χ1n) is 6.01. The van der Waals surface area contributed by atoms with Gasteiger partial charge in [0.25, 0.3) is 0 Å². The van der Waals surface area contributed by atoms with Crippen LogP contribution in [0.25, 0.3) is 0 Å². The van der Waals surface area contributed by atoms with Crippen LogP contribution in [0.15, 0.2) is 4.90 Å². The Bertz CT molecular complexity index is 530. The topological polar surface area (TPSA) is 85.1 Å². The van der Waals surface area contributed by atoms with Crippen molar-refractivity contribution in [2.24, 2.45) is 5.41 Å². The predicted molar refractivity (Wildman–Crippen MR) is 74.7 cm³/mol. The predicted octanol–water partition coefficient (Wildman–Crippen LogP) is 2.12. The van der Waals surface area contributed by atoms with Crippen molar-refractivity contribution in [1.82, 2.24) is 4.37 Å². The monoisotopic (exact) mass is 289 g/mol. The molecule has 2 rings (SSSR count). The molecule has 1 fully saturated rings. The van der Waals surface area contributed by atoms with Gasteiger partial charge in [-0.1, -0.05) is 19.8 Å². The Kier molecular flexibility index (Phi) is 3.55. The number of hydrogen-bond donors (Lipinski definition) is 2. The summed E-state index contributed by atoms with van der Waals surface area (Å²) in [6.45, 7) is 3.01. The lowest BCUT2D eigenvalue weighted by Crippen LogP contribution is -2.23. The molecule has 0 aliphatic heterocycles. The van der Waals surface area contributed by atoms with Gasteiger partial charge >= 0.3 is 0 Å². The summed E-state index contributed by atoms with van der Waals surface area (Å²) in [6, 6.07) is 0. The summed E-state index contributed by atoms with van der Waals surface area (Å²) < 4.78 is 27.2. The fourth-order valence-corrected chi connectivity index (χ4v) is 4.53. The van der Waals surface area contributed by atoms with Crippen LogP contribution in [-0.2, 0) is 9.84 Å². The van der Waals surface area contributed by atoms with Gasteiger partial charge in [-0.05, 0) is 29.8 Å². The highest BCUT2D eigenvalue weighted by molar-refractivity contribution is 7.91. The average molecular weight is 289 g/mol. The number of sulfone groups is 1. The molecule has 0 amide bonds. The zero-order valence-electron chi connectivity index (χ0n) is 10.7. The minimum atomic E-state index is -3.33. The number of rotatable bonds is 4. The molecule has 0 spiro atoms. The highest BCUT2D eigenvalue weighted by Gasteiger charge is 2.29. The highest BCUT2D eigenvalue weighted by Crippen LogP contribution is 2.39. The molecule has 18 heavy (non-hydrogen) atoms. The van der Waals surface area contributed by atoms with Crippen LogP contribution < -0.4 is 11.1 Å². The van der Waals surface area contributed by atoms with E-state index < -0.39 is 9.84 Å². The Morgan fingerprint density at radius 1 is 1.44 bits per heavy atom. The zero-order valence-corrected chi connectivity index (χ0v) is 12.3. The van der Waals surface area contributed by atoms with Crippen molar-refractivity contribution in [2.45, 2.75) is 37.5 Å². The molecule has 7 heteroatoms. The van der Waals surface area contributed by atoms with Crippen LogP contribution in [0.1, 0.15) is 32.6 Å². The molecule has 3 N–H and O–H groups in total. The number of aromatic nitrogens is 1. The van der Waals surface area contributed by atoms with Crippen LogP contribution >= 0.6 is 11.5 Å². The maximum Gasteiger partial charge on any atom is 0.182 e. The summed E-state index contributed by atoms with van der Waals surface area (Å²) in [7, 11) is -3.33. The number of anilines is 2. The molecule has 0 saturated heterocycles. The standard InChI is InChI=1S/C11H19N3O2S2/c1-11(5-3-4-6-11)7-13-10-8(18(2,15)16)9(12)14-17-10/h13H,3-7H2,1-2H3,(H2,12,14). The highest BCUT2D eigenvalue weighted by atomic mass is 32.2. The van der Waals surface area contributed by atoms with E-state index in [-0.39, 0.29) is 16.1 Å². The molecule has 1 saturated carbocycles. The van der Waals surface area contributed by atoms with E-state index in [0.717, 1.165) is 24.3 Å². The maximum atomic E-state index is 11.7. The quantitative estimate of drug-likeness (QED) is 0.887. The summed E-state index contributed by atoms with van der Waals surface area (Å²) in [4.78, 5) is 0.147. The Morgan fingerprint density at radius 2 is 2.06 bits per heavy atom. The van der Waals surface area contributed by atoms with Gasteiger partial charge in [0, 0.05) is 12.8 Å². The van der Waals surface area contributed by atoms with Crippen molar-refractivity contribution in [3.8, 4) is 0 Å². The third-order valence-corrected chi connectivity index (χ3v) is 5.63. The first kappa shape index (κ1) is 13.6. The van der Waals surface area contributed by atoms with E-state index in [1.807, 2.05) is 0 Å². The minimum Gasteiger partial charge on any atom is -0.382 e. The van der Waals surface area contributed by atoms with Crippen LogP contribution in [-0.4, -0.2) is 25.6 Å². The number of hydrogen-bond acceptors (Lipinski definition) is 6. The summed E-state index contributed by atoms with van der Waals surface area (Å²) >= 11 is 1.12. The lowest BCUT2D eigenvalue weighted by Gasteiger charge is -2.23. The number of nitrogens with zero attached hydrogens (tertiary/aromatic N) is 1. The zero-order chi connectivity index (χ0) is 13.4. The van der Waals surface area contributed by atoms with E-state index in [9.17, 15) is 8.42 Å². The van der Waals surface area contributed by atoms with Crippen molar-refractivity contribution < 1.29 is 8.42 Å². The van der Waals surface area contributed by atoms with Crippen LogP contribution in [0.4, 0.5) is 10.8 Å². The molecule has 0 atom stereocenters. The van der Waals surface area contributed by atoms with Gasteiger partial charge in [0.1, 0.15) is 9.90 Å². The molecule has 0 unspecified atom stereocenters. The molecule has 1 heterocycles. The van der Waals surface area contributed by atoms with Gasteiger partial charge in [0.15, 0.2) is 15.7 Å². The van der Waals surface area contributed by atoms with Gasteiger partial charge in [0.05, 0.1) is 0 Å². The normalized spacial score (nSPS) is 19.0. The Balaban J connectivity index is 2.15. The average Bonchev–Trinajstić information content (AvgIpc) is 2.82. The third kappa shape index (κ3) is 2.77. The number of nitrogens with one attached hydrogen (secondary N) is 1. The summed E-state index contributed by atoms with van der Waals surface area (Å²) in [6.07, 6.45) is 6.03. The van der Waals surface area contributed by atoms with E-state index in [1.165, 1.54) is 25.7 Å². The van der Waals surface area contributed by atoms with Crippen LogP contribution in [0, 0.1) is 5.41 Å². The van der Waals surface area contributed by atoms with Gasteiger partial charge in [-0.2, -0.15) is 4.37 Å². The molecular weight excluding hydrogens is 270 g/mol. The third-order valence-electron chi connectivity index (χ3n) is 3.53. The fourth-order valence-electron chi connectivity index (χ4n) is 2.46. The summed E-state index contributed by atoms with van der Waals surface area (Å²) in [5, 5.41) is 3.79. The van der Waals surface area contributed by atoms with Gasteiger partial charge in [-0.15, -0.1) is 0 Å². The lowest BCUT2D eigenvalue weighted by atomic mass is 9.89. The van der Waals surface area contributed by atoms with Gasteiger partial charge in [0.2, 0.25) is 0 Å². The van der Waals surface area contributed by atoms with E-state index in [1.54, 1.807) is 0 Å². The van der Waals surface area contributed by atoms with E-state index >= 15 is 0 Å². The van der Waals surface area contributed by atoms with E-state index in [2.05, 4.69) is 16.6 Å². The van der Waals surface area contributed by atoms with Crippen molar-refractivity contribution in [2.75, 3.05) is 23.9 Å². The van der Waals surface area contributed by atoms with Gasteiger partial charge < -0.3 is 11.1 Å². The fraction of sp³-hybridized carbons (Fsp3) is 0.727. The van der Waals surface area contributed by atoms with Crippen LogP contribution in [0.3, 0.4) is 0 Å². The molecule has 5 nitrogen and oxygen atoms in total. The number of nitrogen functional groups attached to an aromatic ring is 1. The number of nitrogens with two attached hydrogens (primary N) is 1. The second kappa shape index (κ2) is 4.70. The maximum absolute atomic E-state index is 11.7. The second-order valence-corrected chi connectivity index (χ2v) is 8.10. The molecule has 102 valence electrons. The molecule has 0 aromatic carbocycles. The van der Waals surface area contributed by atoms with Gasteiger partial charge in [-0.3, -0.25) is 0 Å². The molecule has 1 aromatic heterocycles. The van der Waals surface area contributed by atoms with Crippen molar-refractivity contribution in [1.29, 1.82) is 0 Å². The molecule has 1 aliphatic carbocycles. The second-order valence-electron chi connectivity index (χ2n) is 5.37. The van der Waals surface area contributed by atoms with Crippen molar-refractivity contribution >= 4 is 32.2 Å². The SMILES string of the molecule is CC1(CNc2snc(N)c2S(C)(=O)=O)CCCC1. The van der Waals surface area contributed by atoms with E-state index in [4.69, 9.17) is 5.73 Å². The van der Waals surface area contributed by atoms with Crippen molar-refractivity contribution in [3.05, 3.63) is 0 Å². The van der Waals surface area contributed by atoms with Crippen LogP contribution in [0.2, 0.25) is 0 Å². The molecule has 1 aliphatic rings. The van der Waals surface area contributed by atoms with Crippen molar-refractivity contribution in [3.63, 3.8) is 0 Å². The summed E-state index contributed by atoms with van der Waals surface area (Å²) in [5.41, 5.74) is 5.88. The molecule has 1 aromatic rings. The lowest BCUT2D eigenvalue weighted by molar-refractivity contribution is 0.362. The Morgan fingerprint density at radius 3 is 2.61 bits per heavy atom. The molecule has 0 radical (unpaired) electrons.